The van der Waals surface area contributed by atoms with Gasteiger partial charge in [0.25, 0.3) is 15.9 Å². The Bertz CT molecular complexity index is 1310. The predicted octanol–water partition coefficient (Wildman–Crippen LogP) is 5.98. The van der Waals surface area contributed by atoms with Gasteiger partial charge in [0.15, 0.2) is 0 Å². The van der Waals surface area contributed by atoms with E-state index in [2.05, 4.69) is 27.9 Å². The van der Waals surface area contributed by atoms with Crippen LogP contribution in [0.4, 0.5) is 17.1 Å². The van der Waals surface area contributed by atoms with Gasteiger partial charge in [-0.15, -0.1) is 11.3 Å². The van der Waals surface area contributed by atoms with Crippen LogP contribution < -0.4 is 14.9 Å². The first-order chi connectivity index (χ1) is 15.7. The molecular weight excluding hydrogens is 478 g/mol. The molecular formula is C24H26ClN3O3S2. The minimum absolute atomic E-state index is 0.0373. The van der Waals surface area contributed by atoms with Crippen molar-refractivity contribution in [1.29, 1.82) is 0 Å². The predicted molar refractivity (Wildman–Crippen MR) is 137 cm³/mol. The fourth-order valence-electron chi connectivity index (χ4n) is 4.39. The van der Waals surface area contributed by atoms with Crippen LogP contribution in [0.3, 0.4) is 0 Å². The number of benzene rings is 2. The number of carbonyl (C=O) groups is 1. The summed E-state index contributed by atoms with van der Waals surface area (Å²) in [5, 5.41) is 4.83. The molecule has 0 bridgehead atoms. The van der Waals surface area contributed by atoms with Crippen LogP contribution in [0.25, 0.3) is 0 Å². The van der Waals surface area contributed by atoms with E-state index in [1.165, 1.54) is 47.6 Å². The van der Waals surface area contributed by atoms with Crippen molar-refractivity contribution in [2.24, 2.45) is 0 Å². The molecule has 0 aliphatic carbocycles. The fourth-order valence-corrected chi connectivity index (χ4v) is 6.79. The highest BCUT2D eigenvalue weighted by Crippen LogP contribution is 2.36. The number of halogens is 1. The van der Waals surface area contributed by atoms with Crippen LogP contribution in [0.5, 0.6) is 0 Å². The van der Waals surface area contributed by atoms with Crippen LogP contribution in [0.2, 0.25) is 5.02 Å². The van der Waals surface area contributed by atoms with Gasteiger partial charge in [0, 0.05) is 24.5 Å². The van der Waals surface area contributed by atoms with E-state index >= 15 is 0 Å². The third kappa shape index (κ3) is 4.74. The monoisotopic (exact) mass is 503 g/mol. The van der Waals surface area contributed by atoms with E-state index in [-0.39, 0.29) is 26.4 Å². The number of carbonyl (C=O) groups excluding carboxylic acids is 1. The van der Waals surface area contributed by atoms with Gasteiger partial charge in [-0.05, 0) is 73.9 Å². The SMILES string of the molecule is Cc1cc(C)c(N2CCCC2)c(C)c1NC(=O)c1sccc1NS(=O)(=O)c1ccccc1Cl. The topological polar surface area (TPSA) is 78.5 Å². The zero-order valence-corrected chi connectivity index (χ0v) is 21.1. The molecule has 0 saturated carbocycles. The molecule has 1 aromatic heterocycles. The van der Waals surface area contributed by atoms with E-state index in [4.69, 9.17) is 11.6 Å². The van der Waals surface area contributed by atoms with Crippen LogP contribution in [-0.4, -0.2) is 27.4 Å². The number of hydrogen-bond donors (Lipinski definition) is 2. The number of thiophene rings is 1. The van der Waals surface area contributed by atoms with Crippen molar-refractivity contribution >= 4 is 55.9 Å². The first kappa shape index (κ1) is 23.6. The van der Waals surface area contributed by atoms with Crippen molar-refractivity contribution in [2.45, 2.75) is 38.5 Å². The molecule has 2 heterocycles. The highest BCUT2D eigenvalue weighted by atomic mass is 35.5. The number of nitrogens with zero attached hydrogens (tertiary/aromatic N) is 1. The highest BCUT2D eigenvalue weighted by molar-refractivity contribution is 7.92. The third-order valence-electron chi connectivity index (χ3n) is 5.83. The van der Waals surface area contributed by atoms with E-state index in [1.807, 2.05) is 13.8 Å². The van der Waals surface area contributed by atoms with Crippen LogP contribution >= 0.6 is 22.9 Å². The van der Waals surface area contributed by atoms with Crippen LogP contribution in [0, 0.1) is 20.8 Å². The summed E-state index contributed by atoms with van der Waals surface area (Å²) >= 11 is 7.25. The second-order valence-corrected chi connectivity index (χ2v) is 11.2. The van der Waals surface area contributed by atoms with Gasteiger partial charge >= 0.3 is 0 Å². The number of hydrogen-bond acceptors (Lipinski definition) is 5. The van der Waals surface area contributed by atoms with Crippen molar-refractivity contribution in [3.8, 4) is 0 Å². The highest BCUT2D eigenvalue weighted by Gasteiger charge is 2.24. The van der Waals surface area contributed by atoms with Gasteiger partial charge in [0.1, 0.15) is 9.77 Å². The van der Waals surface area contributed by atoms with Gasteiger partial charge in [-0.2, -0.15) is 0 Å². The fraction of sp³-hybridized carbons (Fsp3) is 0.292. The molecule has 1 aliphatic heterocycles. The molecule has 0 unspecified atom stereocenters. The lowest BCUT2D eigenvalue weighted by molar-refractivity contribution is 0.103. The molecule has 174 valence electrons. The number of anilines is 3. The van der Waals surface area contributed by atoms with E-state index < -0.39 is 10.0 Å². The van der Waals surface area contributed by atoms with Crippen molar-refractivity contribution in [3.05, 3.63) is 68.4 Å². The van der Waals surface area contributed by atoms with E-state index in [0.717, 1.165) is 29.9 Å². The summed E-state index contributed by atoms with van der Waals surface area (Å²) in [7, 11) is -3.94. The molecule has 2 aromatic carbocycles. The number of aryl methyl sites for hydroxylation is 2. The summed E-state index contributed by atoms with van der Waals surface area (Å²) in [6, 6.07) is 9.87. The van der Waals surface area contributed by atoms with E-state index in [9.17, 15) is 13.2 Å². The molecule has 0 radical (unpaired) electrons. The molecule has 1 fully saturated rings. The molecule has 0 spiro atoms. The smallest absolute Gasteiger partial charge is 0.267 e. The normalized spacial score (nSPS) is 13.9. The summed E-state index contributed by atoms with van der Waals surface area (Å²) in [4.78, 5) is 15.8. The molecule has 1 amide bonds. The molecule has 6 nitrogen and oxygen atoms in total. The van der Waals surface area contributed by atoms with Crippen LogP contribution in [-0.2, 0) is 10.0 Å². The summed E-state index contributed by atoms with van der Waals surface area (Å²) < 4.78 is 28.2. The second kappa shape index (κ2) is 9.37. The molecule has 0 atom stereocenters. The van der Waals surface area contributed by atoms with Gasteiger partial charge in [0.2, 0.25) is 0 Å². The van der Waals surface area contributed by atoms with Gasteiger partial charge in [-0.3, -0.25) is 9.52 Å². The Morgan fingerprint density at radius 1 is 1.06 bits per heavy atom. The Morgan fingerprint density at radius 3 is 2.45 bits per heavy atom. The van der Waals surface area contributed by atoms with E-state index in [1.54, 1.807) is 23.6 Å². The Hall–Kier alpha value is -2.55. The Kier molecular flexibility index (Phi) is 6.70. The average molecular weight is 504 g/mol. The summed E-state index contributed by atoms with van der Waals surface area (Å²) in [6.45, 7) is 8.12. The molecule has 3 aromatic rings. The molecule has 1 saturated heterocycles. The maximum Gasteiger partial charge on any atom is 0.267 e. The quantitative estimate of drug-likeness (QED) is 0.433. The van der Waals surface area contributed by atoms with Crippen molar-refractivity contribution in [3.63, 3.8) is 0 Å². The van der Waals surface area contributed by atoms with E-state index in [0.29, 0.717) is 0 Å². The lowest BCUT2D eigenvalue weighted by Gasteiger charge is -2.26. The van der Waals surface area contributed by atoms with Gasteiger partial charge in [-0.1, -0.05) is 29.8 Å². The van der Waals surface area contributed by atoms with Gasteiger partial charge < -0.3 is 10.2 Å². The second-order valence-electron chi connectivity index (χ2n) is 8.21. The molecule has 2 N–H and O–H groups in total. The zero-order chi connectivity index (χ0) is 23.8. The van der Waals surface area contributed by atoms with Crippen molar-refractivity contribution in [1.82, 2.24) is 0 Å². The van der Waals surface area contributed by atoms with Crippen LogP contribution in [0.15, 0.2) is 46.7 Å². The molecule has 9 heteroatoms. The number of rotatable bonds is 6. The minimum atomic E-state index is -3.94. The summed E-state index contributed by atoms with van der Waals surface area (Å²) in [6.07, 6.45) is 2.33. The van der Waals surface area contributed by atoms with Crippen molar-refractivity contribution in [2.75, 3.05) is 28.0 Å². The first-order valence-corrected chi connectivity index (χ1v) is 13.4. The molecule has 4 rings (SSSR count). The first-order valence-electron chi connectivity index (χ1n) is 10.7. The minimum Gasteiger partial charge on any atom is -0.371 e. The maximum atomic E-state index is 13.2. The van der Waals surface area contributed by atoms with Crippen molar-refractivity contribution < 1.29 is 13.2 Å². The number of sulfonamides is 1. The lowest BCUT2D eigenvalue weighted by atomic mass is 10.0. The van der Waals surface area contributed by atoms with Gasteiger partial charge in [0.05, 0.1) is 10.7 Å². The molecule has 33 heavy (non-hydrogen) atoms. The zero-order valence-electron chi connectivity index (χ0n) is 18.7. The summed E-state index contributed by atoms with van der Waals surface area (Å²) in [5.41, 5.74) is 5.34. The Morgan fingerprint density at radius 2 is 1.76 bits per heavy atom. The lowest BCUT2D eigenvalue weighted by Crippen LogP contribution is -2.22. The summed E-state index contributed by atoms with van der Waals surface area (Å²) in [5.74, 6) is -0.357. The van der Waals surface area contributed by atoms with Gasteiger partial charge in [-0.25, -0.2) is 8.42 Å². The third-order valence-corrected chi connectivity index (χ3v) is 8.61. The average Bonchev–Trinajstić information content (AvgIpc) is 3.43. The molecule has 1 aliphatic rings. The number of amides is 1. The Labute approximate surface area is 203 Å². The van der Waals surface area contributed by atoms with Crippen LogP contribution in [0.1, 0.15) is 39.2 Å². The largest absolute Gasteiger partial charge is 0.371 e. The maximum absolute atomic E-state index is 13.2. The standard InChI is InChI=1S/C24H26ClN3O3S2/c1-15-14-16(2)22(28-11-6-7-12-28)17(3)21(15)26-24(29)23-19(10-13-32-23)27-33(30,31)20-9-5-4-8-18(20)25/h4-5,8-10,13-14,27H,6-7,11-12H2,1-3H3,(H,26,29). The number of nitrogens with one attached hydrogen (secondary N) is 2. The Balaban J connectivity index is 1.62.